The van der Waals surface area contributed by atoms with Crippen molar-refractivity contribution in [1.82, 2.24) is 15.6 Å². The molecule has 0 saturated carbocycles. The summed E-state index contributed by atoms with van der Waals surface area (Å²) >= 11 is 0. The van der Waals surface area contributed by atoms with Crippen LogP contribution in [-0.4, -0.2) is 46.0 Å². The van der Waals surface area contributed by atoms with Gasteiger partial charge in [0.25, 0.3) is 5.91 Å². The van der Waals surface area contributed by atoms with Gasteiger partial charge in [-0.25, -0.2) is 9.42 Å². The molecule has 10 heteroatoms. The van der Waals surface area contributed by atoms with Gasteiger partial charge in [0.1, 0.15) is 6.61 Å². The fraction of sp³-hybridized carbons (Fsp3) is 0.320. The molecule has 1 atom stereocenters. The zero-order valence-electron chi connectivity index (χ0n) is 19.6. The summed E-state index contributed by atoms with van der Waals surface area (Å²) in [4.78, 5) is 36.5. The number of benzene rings is 2. The van der Waals surface area contributed by atoms with E-state index in [0.29, 0.717) is 0 Å². The van der Waals surface area contributed by atoms with Crippen LogP contribution < -0.4 is 10.6 Å². The lowest BCUT2D eigenvalue weighted by molar-refractivity contribution is -0.138. The number of ether oxygens (including phenoxy) is 1. The largest absolute Gasteiger partial charge is 0.481 e. The third kappa shape index (κ3) is 5.16. The first-order valence-corrected chi connectivity index (χ1v) is 11.1. The van der Waals surface area contributed by atoms with Crippen molar-refractivity contribution in [3.05, 3.63) is 65.4 Å². The number of hydrogen-bond donors (Lipinski definition) is 3. The van der Waals surface area contributed by atoms with Gasteiger partial charge in [0.15, 0.2) is 0 Å². The predicted octanol–water partition coefficient (Wildman–Crippen LogP) is 4.05. The summed E-state index contributed by atoms with van der Waals surface area (Å²) in [6, 6.07) is 15.2. The number of anilines is 1. The van der Waals surface area contributed by atoms with Crippen molar-refractivity contribution in [2.24, 2.45) is 5.41 Å². The summed E-state index contributed by atoms with van der Waals surface area (Å²) in [5.41, 5.74) is 3.52. The van der Waals surface area contributed by atoms with Crippen molar-refractivity contribution in [1.29, 1.82) is 0 Å². The molecule has 1 heterocycles. The fourth-order valence-corrected chi connectivity index (χ4v) is 4.13. The second-order valence-electron chi connectivity index (χ2n) is 9.40. The smallest absolute Gasteiger partial charge is 0.412 e. The van der Waals surface area contributed by atoms with Crippen molar-refractivity contribution < 1.29 is 28.9 Å². The summed E-state index contributed by atoms with van der Waals surface area (Å²) < 4.78 is 10.1. The highest BCUT2D eigenvalue weighted by atomic mass is 16.6. The van der Waals surface area contributed by atoms with Crippen molar-refractivity contribution in [2.75, 3.05) is 11.9 Å². The minimum atomic E-state index is -1.06. The molecule has 3 aromatic rings. The number of nitrogens with zero attached hydrogens (tertiary/aromatic N) is 2. The Morgan fingerprint density at radius 2 is 1.63 bits per heavy atom. The minimum absolute atomic E-state index is 0.0807. The van der Waals surface area contributed by atoms with Crippen LogP contribution in [0.3, 0.4) is 0 Å². The molecule has 0 spiro atoms. The van der Waals surface area contributed by atoms with Gasteiger partial charge in [-0.1, -0.05) is 69.3 Å². The Bertz CT molecular complexity index is 1220. The van der Waals surface area contributed by atoms with E-state index in [9.17, 15) is 14.4 Å². The number of hydrogen-bond acceptors (Lipinski definition) is 7. The van der Waals surface area contributed by atoms with Crippen LogP contribution in [0, 0.1) is 5.41 Å². The van der Waals surface area contributed by atoms with E-state index in [0.717, 1.165) is 22.3 Å². The molecule has 0 fully saturated rings. The van der Waals surface area contributed by atoms with Crippen LogP contribution in [0.2, 0.25) is 0 Å². The molecule has 2 amide bonds. The van der Waals surface area contributed by atoms with Crippen molar-refractivity contribution in [2.45, 2.75) is 39.2 Å². The lowest BCUT2D eigenvalue weighted by Gasteiger charge is -2.30. The number of aliphatic carboxylic acids is 1. The zero-order valence-corrected chi connectivity index (χ0v) is 19.6. The first kappa shape index (κ1) is 23.9. The van der Waals surface area contributed by atoms with Gasteiger partial charge in [-0.2, -0.15) is 0 Å². The van der Waals surface area contributed by atoms with E-state index in [1.165, 1.54) is 0 Å². The van der Waals surface area contributed by atoms with Crippen LogP contribution >= 0.6 is 0 Å². The molecule has 0 aliphatic heterocycles. The maximum atomic E-state index is 12.7. The third-order valence-electron chi connectivity index (χ3n) is 6.00. The van der Waals surface area contributed by atoms with Crippen LogP contribution in [-0.2, 0) is 9.53 Å². The monoisotopic (exact) mass is 478 g/mol. The van der Waals surface area contributed by atoms with Crippen molar-refractivity contribution >= 4 is 23.8 Å². The van der Waals surface area contributed by atoms with Gasteiger partial charge < -0.3 is 15.2 Å². The van der Waals surface area contributed by atoms with Crippen molar-refractivity contribution in [3.8, 4) is 11.1 Å². The highest BCUT2D eigenvalue weighted by Gasteiger charge is 2.32. The number of aromatic nitrogens is 2. The number of carbonyl (C=O) groups is 3. The number of nitrogens with one attached hydrogen (secondary N) is 2. The molecule has 4 rings (SSSR count). The van der Waals surface area contributed by atoms with Crippen LogP contribution in [0.1, 0.15) is 54.7 Å². The number of carboxylic acid groups (broad SMARTS) is 1. The predicted molar refractivity (Wildman–Crippen MR) is 126 cm³/mol. The lowest BCUT2D eigenvalue weighted by Crippen LogP contribution is -2.45. The van der Waals surface area contributed by atoms with E-state index in [1.54, 1.807) is 20.8 Å². The first-order valence-electron chi connectivity index (χ1n) is 11.1. The average molecular weight is 479 g/mol. The minimum Gasteiger partial charge on any atom is -0.481 e. The standard InChI is InChI=1S/C25H26N4O6/c1-25(2,3)19(12-20(30)31)26-23(32)21-22(29-35-28-21)27-24(33)34-13-18-16-10-6-4-8-14(16)15-9-5-7-11-17(15)18/h4-11,18-19H,12-13H2,1-3H3,(H,26,32)(H,30,31)(H,27,29,33). The van der Waals surface area contributed by atoms with Crippen LogP contribution in [0.5, 0.6) is 0 Å². The van der Waals surface area contributed by atoms with Gasteiger partial charge in [0, 0.05) is 12.0 Å². The molecule has 3 N–H and O–H groups in total. The summed E-state index contributed by atoms with van der Waals surface area (Å²) in [6.45, 7) is 5.49. The fourth-order valence-electron chi connectivity index (χ4n) is 4.13. The van der Waals surface area contributed by atoms with Crippen LogP contribution in [0.25, 0.3) is 11.1 Å². The molecule has 1 aliphatic carbocycles. The highest BCUT2D eigenvalue weighted by molar-refractivity contribution is 5.99. The topological polar surface area (TPSA) is 144 Å². The first-order chi connectivity index (χ1) is 16.6. The molecule has 0 bridgehead atoms. The van der Waals surface area contributed by atoms with Gasteiger partial charge in [0.05, 0.1) is 6.42 Å². The van der Waals surface area contributed by atoms with E-state index in [1.807, 2.05) is 48.5 Å². The van der Waals surface area contributed by atoms with E-state index >= 15 is 0 Å². The Morgan fingerprint density at radius 1 is 1.03 bits per heavy atom. The molecular formula is C25H26N4O6. The molecule has 2 aromatic carbocycles. The maximum Gasteiger partial charge on any atom is 0.412 e. The lowest BCUT2D eigenvalue weighted by atomic mass is 9.84. The molecule has 1 aromatic heterocycles. The summed E-state index contributed by atoms with van der Waals surface area (Å²) in [5, 5.41) is 21.3. The number of carboxylic acids is 1. The summed E-state index contributed by atoms with van der Waals surface area (Å²) in [5.74, 6) is -2.13. The van der Waals surface area contributed by atoms with E-state index in [2.05, 4.69) is 25.6 Å². The van der Waals surface area contributed by atoms with Gasteiger partial charge in [-0.3, -0.25) is 14.9 Å². The Balaban J connectivity index is 1.42. The Morgan fingerprint density at radius 3 is 2.20 bits per heavy atom. The van der Waals surface area contributed by atoms with E-state index < -0.39 is 29.4 Å². The Labute approximate surface area is 201 Å². The van der Waals surface area contributed by atoms with E-state index in [-0.39, 0.29) is 30.5 Å². The SMILES string of the molecule is CC(C)(C)C(CC(=O)O)NC(=O)c1nonc1NC(=O)OCC1c2ccccc2-c2ccccc21. The normalized spacial score (nSPS) is 13.5. The molecule has 1 aliphatic rings. The van der Waals surface area contributed by atoms with Crippen molar-refractivity contribution in [3.63, 3.8) is 0 Å². The average Bonchev–Trinajstić information content (AvgIpc) is 3.39. The number of fused-ring (bicyclic) bond motifs is 3. The summed E-state index contributed by atoms with van der Waals surface area (Å²) in [6.07, 6.45) is -1.11. The number of carbonyl (C=O) groups excluding carboxylic acids is 2. The number of amides is 2. The molecule has 0 radical (unpaired) electrons. The second kappa shape index (κ2) is 9.57. The third-order valence-corrected chi connectivity index (χ3v) is 6.00. The summed E-state index contributed by atoms with van der Waals surface area (Å²) in [7, 11) is 0. The molecule has 10 nitrogen and oxygen atoms in total. The second-order valence-corrected chi connectivity index (χ2v) is 9.40. The molecule has 1 unspecified atom stereocenters. The van der Waals surface area contributed by atoms with Gasteiger partial charge in [0.2, 0.25) is 11.5 Å². The van der Waals surface area contributed by atoms with Gasteiger partial charge >= 0.3 is 12.1 Å². The molecule has 0 saturated heterocycles. The van der Waals surface area contributed by atoms with Gasteiger partial charge in [-0.15, -0.1) is 0 Å². The number of rotatable bonds is 7. The maximum absolute atomic E-state index is 12.7. The Kier molecular flexibility index (Phi) is 6.54. The quantitative estimate of drug-likeness (QED) is 0.461. The highest BCUT2D eigenvalue weighted by Crippen LogP contribution is 2.44. The Hall–Kier alpha value is -4.21. The molecular weight excluding hydrogens is 452 g/mol. The van der Waals surface area contributed by atoms with Gasteiger partial charge in [-0.05, 0) is 38.0 Å². The van der Waals surface area contributed by atoms with Crippen LogP contribution in [0.15, 0.2) is 53.2 Å². The van der Waals surface area contributed by atoms with E-state index in [4.69, 9.17) is 9.84 Å². The van der Waals surface area contributed by atoms with Crippen LogP contribution in [0.4, 0.5) is 10.6 Å². The zero-order chi connectivity index (χ0) is 25.2. The molecule has 35 heavy (non-hydrogen) atoms. The molecule has 182 valence electrons.